The number of nitriles is 1. The van der Waals surface area contributed by atoms with Gasteiger partial charge in [-0.2, -0.15) is 13.7 Å². The van der Waals surface area contributed by atoms with Gasteiger partial charge in [0, 0.05) is 0 Å². The summed E-state index contributed by atoms with van der Waals surface area (Å²) in [6.45, 7) is 5.81. The summed E-state index contributed by atoms with van der Waals surface area (Å²) in [7, 11) is -3.66. The second-order valence-corrected chi connectivity index (χ2v) is 7.51. The van der Waals surface area contributed by atoms with Crippen molar-refractivity contribution in [2.24, 2.45) is 5.41 Å². The standard InChI is InChI=1S/C14H18FNO3S/c1-14(2,3)8-13(19-20(4,17)18)10-5-6-11(9-16)12(15)7-10/h5-7,13H,8H2,1-4H3. The van der Waals surface area contributed by atoms with Crippen molar-refractivity contribution in [1.29, 1.82) is 5.26 Å². The van der Waals surface area contributed by atoms with Gasteiger partial charge >= 0.3 is 0 Å². The fourth-order valence-corrected chi connectivity index (χ4v) is 2.40. The van der Waals surface area contributed by atoms with Crippen molar-refractivity contribution >= 4 is 10.1 Å². The third kappa shape index (κ3) is 5.27. The molecule has 1 atom stereocenters. The van der Waals surface area contributed by atoms with E-state index in [1.54, 1.807) is 6.07 Å². The molecule has 0 radical (unpaired) electrons. The predicted molar refractivity (Wildman–Crippen MR) is 73.9 cm³/mol. The Hall–Kier alpha value is -1.45. The molecule has 1 aromatic carbocycles. The van der Waals surface area contributed by atoms with Crippen molar-refractivity contribution in [3.05, 3.63) is 35.1 Å². The van der Waals surface area contributed by atoms with Crippen molar-refractivity contribution < 1.29 is 17.0 Å². The smallest absolute Gasteiger partial charge is 0.262 e. The molecule has 0 saturated carbocycles. The minimum absolute atomic E-state index is 0.0809. The van der Waals surface area contributed by atoms with E-state index in [0.717, 1.165) is 12.3 Å². The summed E-state index contributed by atoms with van der Waals surface area (Å²) in [5.74, 6) is -0.680. The third-order valence-electron chi connectivity index (χ3n) is 2.57. The zero-order valence-corrected chi connectivity index (χ0v) is 12.8. The number of rotatable bonds is 4. The molecule has 6 heteroatoms. The van der Waals surface area contributed by atoms with E-state index in [4.69, 9.17) is 9.44 Å². The van der Waals surface area contributed by atoms with Crippen LogP contribution in [0.5, 0.6) is 0 Å². The first kappa shape index (κ1) is 16.6. The Labute approximate surface area is 119 Å². The van der Waals surface area contributed by atoms with Crippen LogP contribution in [0.2, 0.25) is 0 Å². The van der Waals surface area contributed by atoms with Gasteiger partial charge in [0.15, 0.2) is 0 Å². The average molecular weight is 299 g/mol. The molecule has 0 aromatic heterocycles. The fraction of sp³-hybridized carbons (Fsp3) is 0.500. The average Bonchev–Trinajstić information content (AvgIpc) is 2.24. The van der Waals surface area contributed by atoms with Gasteiger partial charge in [0.25, 0.3) is 10.1 Å². The van der Waals surface area contributed by atoms with Gasteiger partial charge < -0.3 is 0 Å². The molecule has 0 amide bonds. The Bertz CT molecular complexity index is 627. The molecular formula is C14H18FNO3S. The first-order valence-corrected chi connectivity index (χ1v) is 7.91. The highest BCUT2D eigenvalue weighted by Gasteiger charge is 2.25. The van der Waals surface area contributed by atoms with Gasteiger partial charge in [0.1, 0.15) is 18.0 Å². The van der Waals surface area contributed by atoms with Gasteiger partial charge in [-0.1, -0.05) is 26.8 Å². The molecule has 110 valence electrons. The van der Waals surface area contributed by atoms with Crippen LogP contribution >= 0.6 is 0 Å². The Morgan fingerprint density at radius 3 is 2.40 bits per heavy atom. The maximum absolute atomic E-state index is 13.6. The normalized spacial score (nSPS) is 13.8. The Balaban J connectivity index is 3.17. The number of halogens is 1. The lowest BCUT2D eigenvalue weighted by Gasteiger charge is -2.25. The first-order valence-electron chi connectivity index (χ1n) is 6.10. The molecule has 0 aliphatic rings. The highest BCUT2D eigenvalue weighted by Crippen LogP contribution is 2.33. The third-order valence-corrected chi connectivity index (χ3v) is 3.16. The minimum Gasteiger partial charge on any atom is -0.262 e. The van der Waals surface area contributed by atoms with Crippen molar-refractivity contribution in [3.8, 4) is 6.07 Å². The van der Waals surface area contributed by atoms with E-state index in [2.05, 4.69) is 0 Å². The first-order chi connectivity index (χ1) is 9.02. The molecule has 0 spiro atoms. The second kappa shape index (κ2) is 5.90. The monoisotopic (exact) mass is 299 g/mol. The van der Waals surface area contributed by atoms with Crippen LogP contribution in [-0.4, -0.2) is 14.7 Å². The summed E-state index contributed by atoms with van der Waals surface area (Å²) in [4.78, 5) is 0. The number of hydrogen-bond donors (Lipinski definition) is 0. The summed E-state index contributed by atoms with van der Waals surface area (Å²) >= 11 is 0. The fourth-order valence-electron chi connectivity index (χ4n) is 1.80. The van der Waals surface area contributed by atoms with E-state index in [0.29, 0.717) is 12.0 Å². The molecule has 1 unspecified atom stereocenters. The SMILES string of the molecule is CC(C)(C)CC(OS(C)(=O)=O)c1ccc(C#N)c(F)c1. The van der Waals surface area contributed by atoms with Gasteiger partial charge in [-0.25, -0.2) is 4.39 Å². The summed E-state index contributed by atoms with van der Waals surface area (Å²) in [5.41, 5.74) is 0.129. The molecule has 0 fully saturated rings. The lowest BCUT2D eigenvalue weighted by molar-refractivity contribution is 0.153. The highest BCUT2D eigenvalue weighted by molar-refractivity contribution is 7.86. The van der Waals surface area contributed by atoms with Crippen LogP contribution in [0, 0.1) is 22.6 Å². The van der Waals surface area contributed by atoms with Crippen LogP contribution in [0.15, 0.2) is 18.2 Å². The van der Waals surface area contributed by atoms with E-state index in [1.807, 2.05) is 20.8 Å². The van der Waals surface area contributed by atoms with Crippen molar-refractivity contribution in [2.75, 3.05) is 6.26 Å². The maximum atomic E-state index is 13.6. The molecular weight excluding hydrogens is 281 g/mol. The molecule has 20 heavy (non-hydrogen) atoms. The summed E-state index contributed by atoms with van der Waals surface area (Å²) in [6.07, 6.45) is 0.598. The molecule has 0 aliphatic heterocycles. The minimum atomic E-state index is -3.66. The topological polar surface area (TPSA) is 67.2 Å². The lowest BCUT2D eigenvalue weighted by Crippen LogP contribution is -2.17. The van der Waals surface area contributed by atoms with Gasteiger partial charge in [0.2, 0.25) is 0 Å². The Morgan fingerprint density at radius 2 is 2.00 bits per heavy atom. The molecule has 0 heterocycles. The van der Waals surface area contributed by atoms with Crippen LogP contribution in [0.4, 0.5) is 4.39 Å². The van der Waals surface area contributed by atoms with E-state index < -0.39 is 22.0 Å². The number of hydrogen-bond acceptors (Lipinski definition) is 4. The van der Waals surface area contributed by atoms with Crippen LogP contribution in [0.25, 0.3) is 0 Å². The quantitative estimate of drug-likeness (QED) is 0.801. The zero-order valence-electron chi connectivity index (χ0n) is 12.0. The summed E-state index contributed by atoms with van der Waals surface area (Å²) in [5, 5.41) is 8.70. The van der Waals surface area contributed by atoms with Gasteiger partial charge in [-0.05, 0) is 29.5 Å². The second-order valence-electron chi connectivity index (χ2n) is 5.90. The number of nitrogens with zero attached hydrogens (tertiary/aromatic N) is 1. The van der Waals surface area contributed by atoms with E-state index in [-0.39, 0.29) is 11.0 Å². The maximum Gasteiger partial charge on any atom is 0.264 e. The van der Waals surface area contributed by atoms with E-state index in [1.165, 1.54) is 12.1 Å². The van der Waals surface area contributed by atoms with Crippen molar-refractivity contribution in [2.45, 2.75) is 33.3 Å². The van der Waals surface area contributed by atoms with Crippen LogP contribution in [0.3, 0.4) is 0 Å². The highest BCUT2D eigenvalue weighted by atomic mass is 32.2. The summed E-state index contributed by atoms with van der Waals surface area (Å²) in [6, 6.07) is 5.72. The largest absolute Gasteiger partial charge is 0.264 e. The van der Waals surface area contributed by atoms with Crippen LogP contribution < -0.4 is 0 Å². The number of benzene rings is 1. The molecule has 4 nitrogen and oxygen atoms in total. The van der Waals surface area contributed by atoms with Gasteiger partial charge in [-0.3, -0.25) is 4.18 Å². The molecule has 1 rings (SSSR count). The zero-order chi connectivity index (χ0) is 15.6. The van der Waals surface area contributed by atoms with Crippen molar-refractivity contribution in [3.63, 3.8) is 0 Å². The lowest BCUT2D eigenvalue weighted by atomic mass is 9.87. The van der Waals surface area contributed by atoms with Gasteiger partial charge in [0.05, 0.1) is 11.8 Å². The predicted octanol–water partition coefficient (Wildman–Crippen LogP) is 3.15. The molecule has 1 aromatic rings. The van der Waals surface area contributed by atoms with Crippen LogP contribution in [0.1, 0.15) is 44.4 Å². The Morgan fingerprint density at radius 1 is 1.40 bits per heavy atom. The van der Waals surface area contributed by atoms with E-state index in [9.17, 15) is 12.8 Å². The molecule has 0 aliphatic carbocycles. The van der Waals surface area contributed by atoms with Gasteiger partial charge in [-0.15, -0.1) is 0 Å². The molecule has 0 saturated heterocycles. The molecule has 0 N–H and O–H groups in total. The Kier molecular flexibility index (Phi) is 4.90. The van der Waals surface area contributed by atoms with E-state index >= 15 is 0 Å². The van der Waals surface area contributed by atoms with Crippen LogP contribution in [-0.2, 0) is 14.3 Å². The summed E-state index contributed by atoms with van der Waals surface area (Å²) < 4.78 is 41.4. The van der Waals surface area contributed by atoms with Crippen molar-refractivity contribution in [1.82, 2.24) is 0 Å². The molecule has 0 bridgehead atoms.